The van der Waals surface area contributed by atoms with Crippen LogP contribution in [0.1, 0.15) is 5.56 Å². The fraction of sp³-hybridized carbons (Fsp3) is 0. The van der Waals surface area contributed by atoms with Crippen LogP contribution in [0, 0.1) is 10.1 Å². The molecule has 0 radical (unpaired) electrons. The number of nitro groups is 1. The predicted molar refractivity (Wildman–Crippen MR) is 55.2 cm³/mol. The zero-order chi connectivity index (χ0) is 9.84. The second-order valence-electron chi connectivity index (χ2n) is 2.27. The molecule has 5 heteroatoms. The third kappa shape index (κ3) is 3.16. The molecule has 0 fully saturated rings. The Morgan fingerprint density at radius 2 is 2.23 bits per heavy atom. The van der Waals surface area contributed by atoms with Crippen LogP contribution in [0.2, 0.25) is 5.02 Å². The van der Waals surface area contributed by atoms with E-state index in [0.29, 0.717) is 5.02 Å². The molecule has 0 saturated heterocycles. The normalized spacial score (nSPS) is 10.6. The molecular formula is C8H5BrClNO2. The Hall–Kier alpha value is -0.870. The van der Waals surface area contributed by atoms with Gasteiger partial charge >= 0.3 is 0 Å². The van der Waals surface area contributed by atoms with Crippen LogP contribution in [0.15, 0.2) is 28.9 Å². The van der Waals surface area contributed by atoms with Gasteiger partial charge in [-0.2, -0.15) is 0 Å². The highest BCUT2D eigenvalue weighted by Crippen LogP contribution is 2.23. The topological polar surface area (TPSA) is 43.1 Å². The van der Waals surface area contributed by atoms with Crippen molar-refractivity contribution in [3.05, 3.63) is 49.6 Å². The van der Waals surface area contributed by atoms with E-state index >= 15 is 0 Å². The van der Waals surface area contributed by atoms with E-state index in [9.17, 15) is 10.1 Å². The fourth-order valence-corrected chi connectivity index (χ4v) is 1.28. The van der Waals surface area contributed by atoms with E-state index in [1.807, 2.05) is 0 Å². The molecule has 68 valence electrons. The standard InChI is InChI=1S/C8H5BrClNO2/c9-7-5-6(1-2-8(7)10)3-4-11(12)13/h1-5H/b4-3+. The van der Waals surface area contributed by atoms with Crippen molar-refractivity contribution < 1.29 is 4.92 Å². The lowest BCUT2D eigenvalue weighted by Gasteiger charge is -1.95. The van der Waals surface area contributed by atoms with E-state index in [1.165, 1.54) is 6.08 Å². The summed E-state index contributed by atoms with van der Waals surface area (Å²) in [5, 5.41) is 10.6. The molecule has 0 heterocycles. The Morgan fingerprint density at radius 3 is 2.77 bits per heavy atom. The first-order valence-corrected chi connectivity index (χ1v) is 4.53. The summed E-state index contributed by atoms with van der Waals surface area (Å²) in [6, 6.07) is 5.08. The summed E-state index contributed by atoms with van der Waals surface area (Å²) >= 11 is 8.96. The molecule has 0 atom stereocenters. The molecule has 0 spiro atoms. The van der Waals surface area contributed by atoms with Gasteiger partial charge in [0, 0.05) is 10.5 Å². The van der Waals surface area contributed by atoms with E-state index < -0.39 is 4.92 Å². The molecule has 0 aliphatic heterocycles. The third-order valence-corrected chi connectivity index (χ3v) is 2.55. The number of hydrogen-bond donors (Lipinski definition) is 0. The molecule has 0 N–H and O–H groups in total. The maximum atomic E-state index is 10.0. The Bertz CT molecular complexity index is 365. The molecule has 0 aliphatic rings. The average Bonchev–Trinajstić information content (AvgIpc) is 2.07. The van der Waals surface area contributed by atoms with Crippen molar-refractivity contribution in [2.24, 2.45) is 0 Å². The van der Waals surface area contributed by atoms with Crippen molar-refractivity contribution >= 4 is 33.6 Å². The Kier molecular flexibility index (Phi) is 3.45. The van der Waals surface area contributed by atoms with Gasteiger partial charge in [-0.05, 0) is 33.6 Å². The first-order valence-electron chi connectivity index (χ1n) is 3.36. The Balaban J connectivity index is 2.92. The van der Waals surface area contributed by atoms with Crippen LogP contribution in [-0.2, 0) is 0 Å². The van der Waals surface area contributed by atoms with Gasteiger partial charge in [-0.3, -0.25) is 10.1 Å². The highest BCUT2D eigenvalue weighted by molar-refractivity contribution is 9.10. The summed E-state index contributed by atoms with van der Waals surface area (Å²) in [6.45, 7) is 0. The van der Waals surface area contributed by atoms with E-state index in [-0.39, 0.29) is 0 Å². The Morgan fingerprint density at radius 1 is 1.54 bits per heavy atom. The van der Waals surface area contributed by atoms with Crippen LogP contribution in [0.4, 0.5) is 0 Å². The van der Waals surface area contributed by atoms with Crippen LogP contribution >= 0.6 is 27.5 Å². The van der Waals surface area contributed by atoms with E-state index in [4.69, 9.17) is 11.6 Å². The number of benzene rings is 1. The highest BCUT2D eigenvalue weighted by Gasteiger charge is 1.97. The van der Waals surface area contributed by atoms with E-state index in [1.54, 1.807) is 18.2 Å². The van der Waals surface area contributed by atoms with Gasteiger partial charge in [-0.15, -0.1) is 0 Å². The number of hydrogen-bond acceptors (Lipinski definition) is 2. The SMILES string of the molecule is O=[N+]([O-])/C=C/c1ccc(Cl)c(Br)c1. The van der Waals surface area contributed by atoms with Crippen molar-refractivity contribution in [3.8, 4) is 0 Å². The summed E-state index contributed by atoms with van der Waals surface area (Å²) in [5.74, 6) is 0. The summed E-state index contributed by atoms with van der Waals surface area (Å²) in [7, 11) is 0. The van der Waals surface area contributed by atoms with E-state index in [2.05, 4.69) is 15.9 Å². The molecule has 1 rings (SSSR count). The molecule has 13 heavy (non-hydrogen) atoms. The van der Waals surface area contributed by atoms with Crippen molar-refractivity contribution in [1.29, 1.82) is 0 Å². The minimum absolute atomic E-state index is 0.511. The quantitative estimate of drug-likeness (QED) is 0.606. The van der Waals surface area contributed by atoms with Gasteiger partial charge in [0.2, 0.25) is 6.20 Å². The van der Waals surface area contributed by atoms with Gasteiger partial charge < -0.3 is 0 Å². The monoisotopic (exact) mass is 261 g/mol. The maximum Gasteiger partial charge on any atom is 0.235 e. The minimum Gasteiger partial charge on any atom is -0.259 e. The molecular weight excluding hydrogens is 257 g/mol. The smallest absolute Gasteiger partial charge is 0.235 e. The largest absolute Gasteiger partial charge is 0.259 e. The van der Waals surface area contributed by atoms with Crippen LogP contribution in [-0.4, -0.2) is 4.92 Å². The molecule has 1 aromatic rings. The van der Waals surface area contributed by atoms with Gasteiger partial charge in [-0.25, -0.2) is 0 Å². The lowest BCUT2D eigenvalue weighted by molar-refractivity contribution is -0.400. The van der Waals surface area contributed by atoms with Crippen LogP contribution in [0.5, 0.6) is 0 Å². The molecule has 0 aliphatic carbocycles. The molecule has 0 aromatic heterocycles. The molecule has 0 amide bonds. The first kappa shape index (κ1) is 10.2. The molecule has 1 aromatic carbocycles. The van der Waals surface area contributed by atoms with Crippen molar-refractivity contribution in [1.82, 2.24) is 0 Å². The summed E-state index contributed by atoms with van der Waals surface area (Å²) in [4.78, 5) is 9.49. The van der Waals surface area contributed by atoms with Gasteiger partial charge in [0.25, 0.3) is 0 Å². The molecule has 0 unspecified atom stereocenters. The molecule has 0 bridgehead atoms. The zero-order valence-corrected chi connectivity index (χ0v) is 8.75. The third-order valence-electron chi connectivity index (χ3n) is 1.33. The lowest BCUT2D eigenvalue weighted by Crippen LogP contribution is -1.82. The van der Waals surface area contributed by atoms with Gasteiger partial charge in [0.15, 0.2) is 0 Å². The second kappa shape index (κ2) is 4.39. The van der Waals surface area contributed by atoms with Crippen LogP contribution in [0.3, 0.4) is 0 Å². The average molecular weight is 262 g/mol. The first-order chi connectivity index (χ1) is 6.09. The number of rotatable bonds is 2. The van der Waals surface area contributed by atoms with Gasteiger partial charge in [0.1, 0.15) is 0 Å². The van der Waals surface area contributed by atoms with E-state index in [0.717, 1.165) is 16.2 Å². The predicted octanol–water partition coefficient (Wildman–Crippen LogP) is 3.35. The summed E-state index contributed by atoms with van der Waals surface area (Å²) in [6.07, 6.45) is 2.29. The zero-order valence-electron chi connectivity index (χ0n) is 6.41. The highest BCUT2D eigenvalue weighted by atomic mass is 79.9. The molecule has 3 nitrogen and oxygen atoms in total. The molecule has 0 saturated carbocycles. The minimum atomic E-state index is -0.511. The lowest BCUT2D eigenvalue weighted by atomic mass is 10.2. The van der Waals surface area contributed by atoms with Crippen molar-refractivity contribution in [2.45, 2.75) is 0 Å². The van der Waals surface area contributed by atoms with Gasteiger partial charge in [-0.1, -0.05) is 17.7 Å². The number of nitrogens with zero attached hydrogens (tertiary/aromatic N) is 1. The Labute approximate surface area is 88.3 Å². The maximum absolute atomic E-state index is 10.0. The fourth-order valence-electron chi connectivity index (χ4n) is 0.763. The van der Waals surface area contributed by atoms with Crippen LogP contribution < -0.4 is 0 Å². The van der Waals surface area contributed by atoms with Crippen molar-refractivity contribution in [3.63, 3.8) is 0 Å². The summed E-state index contributed by atoms with van der Waals surface area (Å²) in [5.41, 5.74) is 0.730. The van der Waals surface area contributed by atoms with Crippen molar-refractivity contribution in [2.75, 3.05) is 0 Å². The second-order valence-corrected chi connectivity index (χ2v) is 3.54. The van der Waals surface area contributed by atoms with Crippen LogP contribution in [0.25, 0.3) is 6.08 Å². The van der Waals surface area contributed by atoms with Gasteiger partial charge in [0.05, 0.1) is 9.95 Å². The number of halogens is 2. The summed E-state index contributed by atoms with van der Waals surface area (Å²) < 4.78 is 0.722.